The molecule has 0 spiro atoms. The van der Waals surface area contributed by atoms with Crippen LogP contribution in [0, 0.1) is 0 Å². The van der Waals surface area contributed by atoms with Crippen molar-refractivity contribution in [3.8, 4) is 0 Å². The first kappa shape index (κ1) is 16.8. The number of halogens is 4. The average molecular weight is 276 g/mol. The highest BCUT2D eigenvalue weighted by Crippen LogP contribution is 1.95. The fourth-order valence-electron chi connectivity index (χ4n) is 0.385. The molecule has 0 N–H and O–H groups in total. The molecule has 0 saturated carbocycles. The summed E-state index contributed by atoms with van der Waals surface area (Å²) in [5.41, 5.74) is 0. The van der Waals surface area contributed by atoms with E-state index in [1.54, 1.807) is 6.92 Å². The summed E-state index contributed by atoms with van der Waals surface area (Å²) in [6.45, 7) is 1.70. The fourth-order valence-corrected chi connectivity index (χ4v) is 0.385. The summed E-state index contributed by atoms with van der Waals surface area (Å²) < 4.78 is 0. The smallest absolute Gasteiger partial charge is 0.105 e. The Balaban J connectivity index is 0. The molecule has 0 amide bonds. The van der Waals surface area contributed by atoms with Crippen molar-refractivity contribution in [2.24, 2.45) is 0 Å². The van der Waals surface area contributed by atoms with Gasteiger partial charge in [-0.15, -0.1) is 46.4 Å². The molecule has 1 aromatic rings. The van der Waals surface area contributed by atoms with E-state index in [1.807, 2.05) is 36.4 Å². The topological polar surface area (TPSA) is 0 Å². The Morgan fingerprint density at radius 3 is 1.00 bits per heavy atom. The summed E-state index contributed by atoms with van der Waals surface area (Å²) in [5, 5.41) is 0. The van der Waals surface area contributed by atoms with Gasteiger partial charge >= 0.3 is 0 Å². The van der Waals surface area contributed by atoms with Crippen LogP contribution in [0.3, 0.4) is 0 Å². The Hall–Kier alpha value is 0.380. The van der Waals surface area contributed by atoms with Crippen LogP contribution in [0.2, 0.25) is 0 Å². The van der Waals surface area contributed by atoms with Gasteiger partial charge in [-0.1, -0.05) is 36.4 Å². The summed E-state index contributed by atoms with van der Waals surface area (Å²) in [7, 11) is 0. The Morgan fingerprint density at radius 1 is 0.786 bits per heavy atom. The molecule has 0 unspecified atom stereocenters. The van der Waals surface area contributed by atoms with Crippen molar-refractivity contribution < 1.29 is 0 Å². The summed E-state index contributed by atoms with van der Waals surface area (Å²) in [6, 6.07) is 12.0. The molecular formula is C10H14Cl4. The van der Waals surface area contributed by atoms with Gasteiger partial charge in [0.25, 0.3) is 0 Å². The first-order valence-electron chi connectivity index (χ1n) is 4.05. The molecule has 0 nitrogen and oxygen atoms in total. The lowest BCUT2D eigenvalue weighted by molar-refractivity contribution is 1.39. The van der Waals surface area contributed by atoms with Gasteiger partial charge in [-0.05, 0) is 6.92 Å². The molecule has 1 rings (SSSR count). The van der Waals surface area contributed by atoms with Crippen molar-refractivity contribution in [1.29, 1.82) is 0 Å². The van der Waals surface area contributed by atoms with Crippen LogP contribution in [-0.2, 0) is 0 Å². The normalized spacial score (nSPS) is 8.14. The van der Waals surface area contributed by atoms with E-state index in [-0.39, 0.29) is 4.84 Å². The van der Waals surface area contributed by atoms with Gasteiger partial charge in [-0.2, -0.15) is 0 Å². The Morgan fingerprint density at radius 2 is 0.929 bits per heavy atom. The zero-order chi connectivity index (χ0) is 11.2. The third kappa shape index (κ3) is 29.4. The summed E-state index contributed by atoms with van der Waals surface area (Å²) in [5.74, 6) is 1.11. The first-order valence-corrected chi connectivity index (χ1v) is 5.99. The highest BCUT2D eigenvalue weighted by atomic mass is 35.5. The van der Waals surface area contributed by atoms with E-state index in [0.717, 1.165) is 0 Å². The lowest BCUT2D eigenvalue weighted by atomic mass is 10.4. The SMILES string of the molecule is CC(Cl)Cl.ClCCCl.c1ccccc1. The largest absolute Gasteiger partial charge is 0.125 e. The molecule has 0 saturated heterocycles. The molecule has 0 atom stereocenters. The molecule has 0 radical (unpaired) electrons. The van der Waals surface area contributed by atoms with E-state index in [4.69, 9.17) is 46.4 Å². The highest BCUT2D eigenvalue weighted by molar-refractivity contribution is 6.43. The number of benzene rings is 1. The molecule has 0 aliphatic rings. The molecule has 0 bridgehead atoms. The van der Waals surface area contributed by atoms with Crippen molar-refractivity contribution >= 4 is 46.4 Å². The van der Waals surface area contributed by atoms with E-state index >= 15 is 0 Å². The number of hydrogen-bond acceptors (Lipinski definition) is 0. The van der Waals surface area contributed by atoms with Crippen LogP contribution in [0.4, 0.5) is 0 Å². The molecule has 0 aliphatic carbocycles. The summed E-state index contributed by atoms with van der Waals surface area (Å²) >= 11 is 20.2. The van der Waals surface area contributed by atoms with Gasteiger partial charge in [0, 0.05) is 11.8 Å². The Labute approximate surface area is 106 Å². The van der Waals surface area contributed by atoms with E-state index in [9.17, 15) is 0 Å². The van der Waals surface area contributed by atoms with Crippen molar-refractivity contribution in [3.63, 3.8) is 0 Å². The van der Waals surface area contributed by atoms with E-state index < -0.39 is 0 Å². The second kappa shape index (κ2) is 15.8. The van der Waals surface area contributed by atoms with E-state index in [1.165, 1.54) is 0 Å². The minimum Gasteiger partial charge on any atom is -0.125 e. The van der Waals surface area contributed by atoms with Gasteiger partial charge in [0.15, 0.2) is 0 Å². The van der Waals surface area contributed by atoms with Crippen LogP contribution in [-0.4, -0.2) is 16.6 Å². The van der Waals surface area contributed by atoms with E-state index in [0.29, 0.717) is 11.8 Å². The van der Waals surface area contributed by atoms with Gasteiger partial charge in [0.2, 0.25) is 0 Å². The maximum absolute atomic E-state index is 5.05. The Bertz CT molecular complexity index is 134. The predicted molar refractivity (Wildman–Crippen MR) is 69.1 cm³/mol. The zero-order valence-corrected chi connectivity index (χ0v) is 11.0. The molecule has 0 heterocycles. The molecule has 4 heteroatoms. The maximum atomic E-state index is 5.05. The second-order valence-electron chi connectivity index (χ2n) is 2.05. The lowest BCUT2D eigenvalue weighted by Crippen LogP contribution is -1.63. The highest BCUT2D eigenvalue weighted by Gasteiger charge is 1.75. The molecule has 1 aromatic carbocycles. The zero-order valence-electron chi connectivity index (χ0n) is 7.97. The van der Waals surface area contributed by atoms with Crippen molar-refractivity contribution in [2.45, 2.75) is 11.8 Å². The van der Waals surface area contributed by atoms with Gasteiger partial charge < -0.3 is 0 Å². The van der Waals surface area contributed by atoms with Crippen LogP contribution < -0.4 is 0 Å². The van der Waals surface area contributed by atoms with Crippen LogP contribution in [0.25, 0.3) is 0 Å². The standard InChI is InChI=1S/C6H6.2C2H4Cl2/c1-2-4-6-5-3-1;1-2(3)4;3-1-2-4/h1-6H;2H,1H3;1-2H2. The maximum Gasteiger partial charge on any atom is 0.105 e. The molecule has 0 aliphatic heterocycles. The Kier molecular flexibility index (Phi) is 19.0. The second-order valence-corrected chi connectivity index (χ2v) is 4.34. The van der Waals surface area contributed by atoms with Crippen LogP contribution in [0.1, 0.15) is 6.92 Å². The van der Waals surface area contributed by atoms with Gasteiger partial charge in [0.1, 0.15) is 4.84 Å². The minimum absolute atomic E-state index is 0.222. The number of rotatable bonds is 1. The first-order chi connectivity index (χ1) is 6.65. The predicted octanol–water partition coefficient (Wildman–Crippen LogP) is 4.96. The minimum atomic E-state index is -0.222. The van der Waals surface area contributed by atoms with Crippen molar-refractivity contribution in [1.82, 2.24) is 0 Å². The lowest BCUT2D eigenvalue weighted by Gasteiger charge is -1.72. The van der Waals surface area contributed by atoms with Gasteiger partial charge in [-0.25, -0.2) is 0 Å². The molecule has 82 valence electrons. The fraction of sp³-hybridized carbons (Fsp3) is 0.400. The molecule has 0 aromatic heterocycles. The van der Waals surface area contributed by atoms with Crippen molar-refractivity contribution in [2.75, 3.05) is 11.8 Å². The third-order valence-corrected chi connectivity index (χ3v) is 1.31. The average Bonchev–Trinajstić information content (AvgIpc) is 2.20. The van der Waals surface area contributed by atoms with Crippen LogP contribution in [0.15, 0.2) is 36.4 Å². The quantitative estimate of drug-likeness (QED) is 0.636. The summed E-state index contributed by atoms with van der Waals surface area (Å²) in [6.07, 6.45) is 0. The summed E-state index contributed by atoms with van der Waals surface area (Å²) in [4.78, 5) is -0.222. The van der Waals surface area contributed by atoms with Crippen molar-refractivity contribution in [3.05, 3.63) is 36.4 Å². The van der Waals surface area contributed by atoms with Crippen LogP contribution >= 0.6 is 46.4 Å². The monoisotopic (exact) mass is 274 g/mol. The van der Waals surface area contributed by atoms with E-state index in [2.05, 4.69) is 0 Å². The molecule has 14 heavy (non-hydrogen) atoms. The molecule has 0 fully saturated rings. The van der Waals surface area contributed by atoms with Crippen LogP contribution in [0.5, 0.6) is 0 Å². The van der Waals surface area contributed by atoms with Gasteiger partial charge in [-0.3, -0.25) is 0 Å². The number of alkyl halides is 4. The molecular weight excluding hydrogens is 262 g/mol. The van der Waals surface area contributed by atoms with Gasteiger partial charge in [0.05, 0.1) is 0 Å². The number of hydrogen-bond donors (Lipinski definition) is 0. The third-order valence-electron chi connectivity index (χ3n) is 0.738.